The average molecular weight is 399 g/mol. The summed E-state index contributed by atoms with van der Waals surface area (Å²) >= 11 is 0. The molecule has 1 amide bonds. The minimum absolute atomic E-state index is 0.118. The molecule has 1 N–H and O–H groups in total. The molecule has 30 heavy (non-hydrogen) atoms. The Bertz CT molecular complexity index is 1140. The summed E-state index contributed by atoms with van der Waals surface area (Å²) in [6, 6.07) is 17.8. The molecule has 0 aliphatic rings. The molecule has 2 aromatic heterocycles. The molecule has 0 bridgehead atoms. The molecule has 0 aliphatic carbocycles. The topological polar surface area (TPSA) is 64.7 Å². The largest absolute Gasteiger partial charge is 0.352 e. The van der Waals surface area contributed by atoms with Crippen molar-refractivity contribution in [2.75, 3.05) is 6.54 Å². The molecule has 0 fully saturated rings. The molecule has 152 valence electrons. The van der Waals surface area contributed by atoms with E-state index in [1.807, 2.05) is 91.7 Å². The van der Waals surface area contributed by atoms with Gasteiger partial charge in [-0.25, -0.2) is 4.68 Å². The zero-order valence-electron chi connectivity index (χ0n) is 17.2. The summed E-state index contributed by atoms with van der Waals surface area (Å²) in [7, 11) is 0. The molecule has 4 aromatic rings. The summed E-state index contributed by atoms with van der Waals surface area (Å²) in [5.41, 5.74) is 5.36. The van der Waals surface area contributed by atoms with Crippen molar-refractivity contribution in [2.45, 2.75) is 26.8 Å². The van der Waals surface area contributed by atoms with Crippen LogP contribution in [0, 0.1) is 13.8 Å². The third-order valence-corrected chi connectivity index (χ3v) is 4.99. The maximum absolute atomic E-state index is 13.0. The first-order chi connectivity index (χ1) is 14.6. The number of nitrogens with zero attached hydrogens (tertiary/aromatic N) is 4. The van der Waals surface area contributed by atoms with Crippen LogP contribution in [0.2, 0.25) is 0 Å². The number of rotatable bonds is 7. The first-order valence-electron chi connectivity index (χ1n) is 10.1. The molecule has 2 aromatic carbocycles. The SMILES string of the molecule is Cc1cnn(CCCNC(=O)c2cn(-c3ccccc3)nc2-c2ccccc2C)c1. The second-order valence-electron chi connectivity index (χ2n) is 7.38. The quantitative estimate of drug-likeness (QED) is 0.474. The maximum atomic E-state index is 13.0. The van der Waals surface area contributed by atoms with Crippen molar-refractivity contribution in [3.63, 3.8) is 0 Å². The third-order valence-electron chi connectivity index (χ3n) is 4.99. The number of benzene rings is 2. The number of nitrogens with one attached hydrogen (secondary N) is 1. The van der Waals surface area contributed by atoms with Gasteiger partial charge in [0, 0.05) is 31.0 Å². The number of aromatic nitrogens is 4. The fraction of sp³-hybridized carbons (Fsp3) is 0.208. The Morgan fingerprint density at radius 1 is 1.00 bits per heavy atom. The van der Waals surface area contributed by atoms with Crippen LogP contribution in [-0.4, -0.2) is 32.0 Å². The van der Waals surface area contributed by atoms with Crippen LogP contribution in [0.3, 0.4) is 0 Å². The van der Waals surface area contributed by atoms with Crippen LogP contribution in [0.15, 0.2) is 73.2 Å². The van der Waals surface area contributed by atoms with E-state index in [4.69, 9.17) is 5.10 Å². The van der Waals surface area contributed by atoms with Gasteiger partial charge in [0.15, 0.2) is 0 Å². The monoisotopic (exact) mass is 399 g/mol. The van der Waals surface area contributed by atoms with Crippen LogP contribution >= 0.6 is 0 Å². The molecule has 2 heterocycles. The second-order valence-corrected chi connectivity index (χ2v) is 7.38. The number of hydrogen-bond acceptors (Lipinski definition) is 3. The molecule has 0 saturated carbocycles. The van der Waals surface area contributed by atoms with E-state index in [2.05, 4.69) is 10.4 Å². The van der Waals surface area contributed by atoms with E-state index < -0.39 is 0 Å². The first kappa shape index (κ1) is 19.6. The Balaban J connectivity index is 1.55. The lowest BCUT2D eigenvalue weighted by molar-refractivity contribution is 0.0953. The van der Waals surface area contributed by atoms with Gasteiger partial charge in [-0.3, -0.25) is 9.48 Å². The van der Waals surface area contributed by atoms with E-state index in [9.17, 15) is 4.79 Å². The van der Waals surface area contributed by atoms with E-state index in [1.54, 1.807) is 4.68 Å². The normalized spacial score (nSPS) is 10.9. The van der Waals surface area contributed by atoms with Gasteiger partial charge in [0.05, 0.1) is 17.4 Å². The number of para-hydroxylation sites is 1. The van der Waals surface area contributed by atoms with Gasteiger partial charge in [0.25, 0.3) is 5.91 Å². The van der Waals surface area contributed by atoms with Crippen molar-refractivity contribution >= 4 is 5.91 Å². The molecule has 0 atom stereocenters. The molecule has 0 aliphatic heterocycles. The molecular formula is C24H25N5O. The molecule has 0 radical (unpaired) electrons. The van der Waals surface area contributed by atoms with Gasteiger partial charge in [-0.15, -0.1) is 0 Å². The molecular weight excluding hydrogens is 374 g/mol. The maximum Gasteiger partial charge on any atom is 0.255 e. The zero-order chi connectivity index (χ0) is 20.9. The number of aryl methyl sites for hydroxylation is 3. The summed E-state index contributed by atoms with van der Waals surface area (Å²) < 4.78 is 3.66. The van der Waals surface area contributed by atoms with Crippen molar-refractivity contribution in [1.29, 1.82) is 0 Å². The molecule has 0 saturated heterocycles. The Labute approximate surface area is 176 Å². The van der Waals surface area contributed by atoms with Crippen LogP contribution in [0.4, 0.5) is 0 Å². The smallest absolute Gasteiger partial charge is 0.255 e. The van der Waals surface area contributed by atoms with Crippen molar-refractivity contribution in [3.8, 4) is 16.9 Å². The number of hydrogen-bond donors (Lipinski definition) is 1. The number of carbonyl (C=O) groups is 1. The van der Waals surface area contributed by atoms with Crippen molar-refractivity contribution in [1.82, 2.24) is 24.9 Å². The van der Waals surface area contributed by atoms with Gasteiger partial charge < -0.3 is 5.32 Å². The van der Waals surface area contributed by atoms with E-state index in [1.165, 1.54) is 0 Å². The first-order valence-corrected chi connectivity index (χ1v) is 10.1. The molecule has 0 spiro atoms. The fourth-order valence-corrected chi connectivity index (χ4v) is 3.42. The highest BCUT2D eigenvalue weighted by Gasteiger charge is 2.19. The van der Waals surface area contributed by atoms with E-state index in [-0.39, 0.29) is 5.91 Å². The van der Waals surface area contributed by atoms with Gasteiger partial charge in [-0.1, -0.05) is 42.5 Å². The lowest BCUT2D eigenvalue weighted by Crippen LogP contribution is -2.25. The lowest BCUT2D eigenvalue weighted by atomic mass is 10.0. The van der Waals surface area contributed by atoms with Crippen LogP contribution in [0.25, 0.3) is 16.9 Å². The van der Waals surface area contributed by atoms with Crippen LogP contribution in [-0.2, 0) is 6.54 Å². The van der Waals surface area contributed by atoms with Gasteiger partial charge >= 0.3 is 0 Å². The van der Waals surface area contributed by atoms with Crippen LogP contribution < -0.4 is 5.32 Å². The molecule has 4 rings (SSSR count). The van der Waals surface area contributed by atoms with Crippen molar-refractivity contribution in [2.24, 2.45) is 0 Å². The Morgan fingerprint density at radius 2 is 1.77 bits per heavy atom. The predicted octanol–water partition coefficient (Wildman–Crippen LogP) is 4.17. The van der Waals surface area contributed by atoms with Gasteiger partial charge in [0.2, 0.25) is 0 Å². The van der Waals surface area contributed by atoms with Gasteiger partial charge in [-0.2, -0.15) is 10.2 Å². The van der Waals surface area contributed by atoms with Crippen molar-refractivity contribution in [3.05, 3.63) is 89.9 Å². The minimum atomic E-state index is -0.118. The van der Waals surface area contributed by atoms with E-state index >= 15 is 0 Å². The number of amides is 1. The predicted molar refractivity (Wildman–Crippen MR) is 118 cm³/mol. The van der Waals surface area contributed by atoms with Crippen LogP contribution in [0.1, 0.15) is 27.9 Å². The van der Waals surface area contributed by atoms with E-state index in [0.29, 0.717) is 17.8 Å². The average Bonchev–Trinajstić information content (AvgIpc) is 3.39. The summed E-state index contributed by atoms with van der Waals surface area (Å²) in [6.45, 7) is 5.39. The van der Waals surface area contributed by atoms with Crippen molar-refractivity contribution < 1.29 is 4.79 Å². The molecule has 6 heteroatoms. The highest BCUT2D eigenvalue weighted by molar-refractivity contribution is 6.00. The standard InChI is InChI=1S/C24H25N5O/c1-18-15-26-28(16-18)14-8-13-25-24(30)22-17-29(20-10-4-3-5-11-20)27-23(22)21-12-7-6-9-19(21)2/h3-7,9-12,15-17H,8,13-14H2,1-2H3,(H,25,30). The molecule has 6 nitrogen and oxygen atoms in total. The minimum Gasteiger partial charge on any atom is -0.352 e. The Hall–Kier alpha value is -3.67. The highest BCUT2D eigenvalue weighted by Crippen LogP contribution is 2.26. The lowest BCUT2D eigenvalue weighted by Gasteiger charge is -2.07. The third kappa shape index (κ3) is 4.33. The van der Waals surface area contributed by atoms with Gasteiger partial charge in [-0.05, 0) is 43.5 Å². The Morgan fingerprint density at radius 3 is 2.50 bits per heavy atom. The van der Waals surface area contributed by atoms with Gasteiger partial charge in [0.1, 0.15) is 5.69 Å². The number of carbonyl (C=O) groups excluding carboxylic acids is 1. The summed E-state index contributed by atoms with van der Waals surface area (Å²) in [4.78, 5) is 13.0. The second kappa shape index (κ2) is 8.78. The summed E-state index contributed by atoms with van der Waals surface area (Å²) in [6.07, 6.45) is 6.45. The fourth-order valence-electron chi connectivity index (χ4n) is 3.42. The summed E-state index contributed by atoms with van der Waals surface area (Å²) in [5, 5.41) is 12.1. The molecule has 0 unspecified atom stereocenters. The zero-order valence-corrected chi connectivity index (χ0v) is 17.2. The Kier molecular flexibility index (Phi) is 5.75. The van der Waals surface area contributed by atoms with E-state index in [0.717, 1.165) is 35.3 Å². The highest BCUT2D eigenvalue weighted by atomic mass is 16.1. The van der Waals surface area contributed by atoms with Crippen LogP contribution in [0.5, 0.6) is 0 Å². The summed E-state index contributed by atoms with van der Waals surface area (Å²) in [5.74, 6) is -0.118.